The Morgan fingerprint density at radius 1 is 0.600 bits per heavy atom. The summed E-state index contributed by atoms with van der Waals surface area (Å²) < 4.78 is 7.13. The average molecular weight is 355 g/mol. The summed E-state index contributed by atoms with van der Waals surface area (Å²) in [6, 6.07) is 0. The van der Waals surface area contributed by atoms with Crippen LogP contribution in [0.1, 0.15) is 109 Å². The molecule has 1 nitrogen and oxygen atoms in total. The first-order valence-corrected chi connectivity index (χ1v) is 11.0. The summed E-state index contributed by atoms with van der Waals surface area (Å²) in [6.07, 6.45) is 5.41. The predicted molar refractivity (Wildman–Crippen MR) is 114 cm³/mol. The van der Waals surface area contributed by atoms with Gasteiger partial charge < -0.3 is 4.74 Å². The fraction of sp³-hybridized carbons (Fsp3) is 1.00. The number of rotatable bonds is 12. The summed E-state index contributed by atoms with van der Waals surface area (Å²) in [7, 11) is 0. The van der Waals surface area contributed by atoms with Crippen molar-refractivity contribution in [2.75, 3.05) is 0 Å². The molecule has 0 heterocycles. The van der Waals surface area contributed by atoms with Crippen molar-refractivity contribution < 1.29 is 4.74 Å². The minimum absolute atomic E-state index is 0.208. The van der Waals surface area contributed by atoms with E-state index in [0.717, 1.165) is 12.8 Å². The number of hydrogen-bond donors (Lipinski definition) is 0. The molecule has 0 aliphatic heterocycles. The third kappa shape index (κ3) is 6.56. The molecule has 0 amide bonds. The molecule has 6 atom stereocenters. The van der Waals surface area contributed by atoms with Crippen LogP contribution in [0.4, 0.5) is 0 Å². The number of ether oxygens (including phenoxy) is 1. The van der Waals surface area contributed by atoms with Gasteiger partial charge in [0, 0.05) is 0 Å². The molecule has 0 rings (SSSR count). The lowest BCUT2D eigenvalue weighted by molar-refractivity contribution is -0.167. The van der Waals surface area contributed by atoms with Gasteiger partial charge in [-0.1, -0.05) is 95.9 Å². The molecule has 1 heteroatoms. The van der Waals surface area contributed by atoms with Gasteiger partial charge in [-0.25, -0.2) is 0 Å². The molecule has 0 spiro atoms. The fourth-order valence-electron chi connectivity index (χ4n) is 3.94. The SMILES string of the molecule is CCC(C)C(C)C(OC(C(C)C(C)CC)C(C)(C)CC)C(C)(C)CC. The van der Waals surface area contributed by atoms with Crippen molar-refractivity contribution in [2.24, 2.45) is 34.5 Å². The Balaban J connectivity index is 5.81. The van der Waals surface area contributed by atoms with E-state index in [0.29, 0.717) is 35.9 Å². The zero-order chi connectivity index (χ0) is 20.0. The Kier molecular flexibility index (Phi) is 10.3. The highest BCUT2D eigenvalue weighted by molar-refractivity contribution is 4.90. The van der Waals surface area contributed by atoms with Crippen molar-refractivity contribution in [2.45, 2.75) is 121 Å². The summed E-state index contributed by atoms with van der Waals surface area (Å²) in [5.74, 6) is 2.55. The van der Waals surface area contributed by atoms with Crippen molar-refractivity contribution in [1.82, 2.24) is 0 Å². The Bertz CT molecular complexity index is 323. The molecule has 25 heavy (non-hydrogen) atoms. The summed E-state index contributed by atoms with van der Waals surface area (Å²) >= 11 is 0. The largest absolute Gasteiger partial charge is 0.373 e. The first-order chi connectivity index (χ1) is 11.4. The molecule has 0 saturated heterocycles. The van der Waals surface area contributed by atoms with E-state index in [4.69, 9.17) is 4.74 Å². The average Bonchev–Trinajstić information content (AvgIpc) is 2.59. The molecule has 0 aliphatic rings. The summed E-state index contributed by atoms with van der Waals surface area (Å²) in [5, 5.41) is 0. The van der Waals surface area contributed by atoms with Crippen LogP contribution < -0.4 is 0 Å². The van der Waals surface area contributed by atoms with Crippen molar-refractivity contribution in [3.05, 3.63) is 0 Å². The van der Waals surface area contributed by atoms with Gasteiger partial charge >= 0.3 is 0 Å². The second-order valence-electron chi connectivity index (χ2n) is 10.2. The van der Waals surface area contributed by atoms with Crippen LogP contribution in [0.5, 0.6) is 0 Å². The predicted octanol–water partition coefficient (Wildman–Crippen LogP) is 7.98. The molecule has 152 valence electrons. The first kappa shape index (κ1) is 25.0. The van der Waals surface area contributed by atoms with Crippen molar-refractivity contribution >= 4 is 0 Å². The maximum atomic E-state index is 7.13. The standard InChI is InChI=1S/C24H50O/c1-13-17(5)19(7)21(23(9,10)15-3)25-22(24(11,12)16-4)20(8)18(6)14-2/h17-22H,13-16H2,1-12H3. The van der Waals surface area contributed by atoms with E-state index in [1.807, 2.05) is 0 Å². The minimum Gasteiger partial charge on any atom is -0.373 e. The maximum Gasteiger partial charge on any atom is 0.0658 e. The topological polar surface area (TPSA) is 9.23 Å². The van der Waals surface area contributed by atoms with Gasteiger partial charge in [-0.2, -0.15) is 0 Å². The van der Waals surface area contributed by atoms with E-state index in [1.54, 1.807) is 0 Å². The molecule has 0 aromatic rings. The highest BCUT2D eigenvalue weighted by Crippen LogP contribution is 2.43. The lowest BCUT2D eigenvalue weighted by Crippen LogP contribution is -2.48. The molecule has 0 bridgehead atoms. The van der Waals surface area contributed by atoms with Gasteiger partial charge in [-0.3, -0.25) is 0 Å². The van der Waals surface area contributed by atoms with Crippen LogP contribution in [0, 0.1) is 34.5 Å². The highest BCUT2D eigenvalue weighted by Gasteiger charge is 2.42. The summed E-state index contributed by atoms with van der Waals surface area (Å²) in [4.78, 5) is 0. The van der Waals surface area contributed by atoms with Crippen LogP contribution in [0.2, 0.25) is 0 Å². The molecule has 6 unspecified atom stereocenters. The van der Waals surface area contributed by atoms with Crippen LogP contribution in [0.15, 0.2) is 0 Å². The zero-order valence-corrected chi connectivity index (χ0v) is 19.7. The van der Waals surface area contributed by atoms with Crippen molar-refractivity contribution in [3.63, 3.8) is 0 Å². The van der Waals surface area contributed by atoms with Gasteiger partial charge in [0.25, 0.3) is 0 Å². The monoisotopic (exact) mass is 354 g/mol. The first-order valence-electron chi connectivity index (χ1n) is 11.0. The summed E-state index contributed by atoms with van der Waals surface area (Å²) in [6.45, 7) is 28.5. The third-order valence-electron chi connectivity index (χ3n) is 7.69. The Morgan fingerprint density at radius 3 is 1.08 bits per heavy atom. The number of hydrogen-bond acceptors (Lipinski definition) is 1. The van der Waals surface area contributed by atoms with E-state index in [1.165, 1.54) is 12.8 Å². The van der Waals surface area contributed by atoms with Crippen LogP contribution in [-0.4, -0.2) is 12.2 Å². The van der Waals surface area contributed by atoms with Crippen LogP contribution in [0.25, 0.3) is 0 Å². The Morgan fingerprint density at radius 2 is 0.880 bits per heavy atom. The second kappa shape index (κ2) is 10.3. The molecule has 0 N–H and O–H groups in total. The molecule has 0 aromatic heterocycles. The molecular weight excluding hydrogens is 304 g/mol. The van der Waals surface area contributed by atoms with Gasteiger partial charge in [0.1, 0.15) is 0 Å². The van der Waals surface area contributed by atoms with Crippen LogP contribution in [-0.2, 0) is 4.74 Å². The van der Waals surface area contributed by atoms with Gasteiger partial charge in [-0.15, -0.1) is 0 Å². The lowest BCUT2D eigenvalue weighted by atomic mass is 9.71. The van der Waals surface area contributed by atoms with E-state index in [2.05, 4.69) is 83.1 Å². The molecule has 0 aromatic carbocycles. The van der Waals surface area contributed by atoms with E-state index in [-0.39, 0.29) is 10.8 Å². The Hall–Kier alpha value is -0.0400. The van der Waals surface area contributed by atoms with Gasteiger partial charge in [0.2, 0.25) is 0 Å². The lowest BCUT2D eigenvalue weighted by Gasteiger charge is -2.48. The second-order valence-corrected chi connectivity index (χ2v) is 10.2. The van der Waals surface area contributed by atoms with Gasteiger partial charge in [0.05, 0.1) is 12.2 Å². The van der Waals surface area contributed by atoms with E-state index in [9.17, 15) is 0 Å². The minimum atomic E-state index is 0.208. The Labute approximate surface area is 160 Å². The smallest absolute Gasteiger partial charge is 0.0658 e. The molecule has 0 radical (unpaired) electrons. The van der Waals surface area contributed by atoms with Crippen molar-refractivity contribution in [3.8, 4) is 0 Å². The molecule has 0 fully saturated rings. The zero-order valence-electron chi connectivity index (χ0n) is 19.7. The molecular formula is C24H50O. The quantitative estimate of drug-likeness (QED) is 0.345. The molecule has 0 saturated carbocycles. The summed E-state index contributed by atoms with van der Waals surface area (Å²) in [5.41, 5.74) is 0.417. The molecule has 0 aliphatic carbocycles. The maximum absolute atomic E-state index is 7.13. The van der Waals surface area contributed by atoms with Gasteiger partial charge in [0.15, 0.2) is 0 Å². The highest BCUT2D eigenvalue weighted by atomic mass is 16.5. The van der Waals surface area contributed by atoms with E-state index >= 15 is 0 Å². The normalized spacial score (nSPS) is 20.6. The van der Waals surface area contributed by atoms with E-state index < -0.39 is 0 Å². The van der Waals surface area contributed by atoms with Crippen LogP contribution in [0.3, 0.4) is 0 Å². The third-order valence-corrected chi connectivity index (χ3v) is 7.69. The van der Waals surface area contributed by atoms with Gasteiger partial charge in [-0.05, 0) is 47.3 Å². The van der Waals surface area contributed by atoms with Crippen LogP contribution >= 0.6 is 0 Å². The fourth-order valence-corrected chi connectivity index (χ4v) is 3.94. The van der Waals surface area contributed by atoms with Crippen molar-refractivity contribution in [1.29, 1.82) is 0 Å².